The van der Waals surface area contributed by atoms with Crippen LogP contribution in [-0.2, 0) is 0 Å². The van der Waals surface area contributed by atoms with E-state index in [0.29, 0.717) is 22.2 Å². The number of aromatic nitrogens is 3. The molecular weight excluding hydrogens is 400 g/mol. The molecule has 3 heterocycles. The van der Waals surface area contributed by atoms with Gasteiger partial charge in [-0.15, -0.1) is 0 Å². The fraction of sp³-hybridized carbons (Fsp3) is 0.273. The number of aryl methyl sites for hydroxylation is 1. The molecule has 0 radical (unpaired) electrons. The number of piperidine rings is 1. The third-order valence-electron chi connectivity index (χ3n) is 4.99. The minimum absolute atomic E-state index is 0.348. The molecule has 0 bridgehead atoms. The number of rotatable bonds is 4. The van der Waals surface area contributed by atoms with Crippen LogP contribution in [0.4, 0.5) is 22.0 Å². The first-order chi connectivity index (χ1) is 14.6. The maximum absolute atomic E-state index is 12.2. The van der Waals surface area contributed by atoms with Crippen LogP contribution in [0.25, 0.3) is 11.3 Å². The van der Waals surface area contributed by atoms with Gasteiger partial charge in [0, 0.05) is 24.3 Å². The van der Waals surface area contributed by atoms with Gasteiger partial charge in [-0.05, 0) is 50.5 Å². The zero-order chi connectivity index (χ0) is 20.9. The van der Waals surface area contributed by atoms with Gasteiger partial charge in [0.1, 0.15) is 0 Å². The van der Waals surface area contributed by atoms with Crippen LogP contribution in [0.5, 0.6) is 0 Å². The lowest BCUT2D eigenvalue weighted by atomic mass is 10.1. The molecule has 0 unspecified atom stereocenters. The van der Waals surface area contributed by atoms with Gasteiger partial charge < -0.3 is 10.2 Å². The Bertz CT molecular complexity index is 1030. The van der Waals surface area contributed by atoms with Crippen molar-refractivity contribution in [3.63, 3.8) is 0 Å². The highest BCUT2D eigenvalue weighted by Gasteiger charge is 2.15. The molecule has 2 amide bonds. The Balaban J connectivity index is 1.46. The summed E-state index contributed by atoms with van der Waals surface area (Å²) in [5, 5.41) is 6.12. The predicted octanol–water partition coefficient (Wildman–Crippen LogP) is 5.13. The summed E-state index contributed by atoms with van der Waals surface area (Å²) in [7, 11) is 0. The largest absolute Gasteiger partial charge is 0.370 e. The fourth-order valence-corrected chi connectivity index (χ4v) is 3.74. The molecule has 1 aliphatic rings. The van der Waals surface area contributed by atoms with Crippen molar-refractivity contribution in [2.24, 2.45) is 0 Å². The Labute approximate surface area is 180 Å². The molecule has 2 N–H and O–H groups in total. The summed E-state index contributed by atoms with van der Waals surface area (Å²) in [6.07, 6.45) is 8.41. The minimum Gasteiger partial charge on any atom is -0.370 e. The molecule has 1 aromatic carbocycles. The molecule has 3 aromatic rings. The van der Waals surface area contributed by atoms with Gasteiger partial charge in [0.05, 0.1) is 40.7 Å². The van der Waals surface area contributed by atoms with Crippen LogP contribution in [-0.4, -0.2) is 34.1 Å². The van der Waals surface area contributed by atoms with Gasteiger partial charge in [-0.2, -0.15) is 0 Å². The van der Waals surface area contributed by atoms with Gasteiger partial charge >= 0.3 is 6.03 Å². The smallest absolute Gasteiger partial charge is 0.324 e. The van der Waals surface area contributed by atoms with E-state index in [-0.39, 0.29) is 0 Å². The number of carbonyl (C=O) groups excluding carboxylic acids is 1. The molecular formula is C22H23ClN6O. The summed E-state index contributed by atoms with van der Waals surface area (Å²) < 4.78 is 0. The highest BCUT2D eigenvalue weighted by Crippen LogP contribution is 2.32. The third-order valence-corrected chi connectivity index (χ3v) is 5.29. The van der Waals surface area contributed by atoms with Crippen LogP contribution in [0, 0.1) is 6.92 Å². The number of pyridine rings is 1. The topological polar surface area (TPSA) is 83.0 Å². The number of hydrogen-bond acceptors (Lipinski definition) is 5. The van der Waals surface area contributed by atoms with E-state index in [1.807, 2.05) is 31.2 Å². The fourth-order valence-electron chi connectivity index (χ4n) is 3.44. The zero-order valence-corrected chi connectivity index (χ0v) is 17.5. The van der Waals surface area contributed by atoms with E-state index in [9.17, 15) is 4.79 Å². The molecule has 7 nitrogen and oxygen atoms in total. The van der Waals surface area contributed by atoms with Crippen LogP contribution in [0.3, 0.4) is 0 Å². The Morgan fingerprint density at radius 3 is 2.60 bits per heavy atom. The van der Waals surface area contributed by atoms with Gasteiger partial charge in [-0.3, -0.25) is 15.3 Å². The molecule has 4 rings (SSSR count). The molecule has 30 heavy (non-hydrogen) atoms. The third kappa shape index (κ3) is 4.86. The molecule has 0 atom stereocenters. The van der Waals surface area contributed by atoms with Gasteiger partial charge in [0.2, 0.25) is 0 Å². The summed E-state index contributed by atoms with van der Waals surface area (Å²) in [6.45, 7) is 3.95. The number of nitrogens with zero attached hydrogens (tertiary/aromatic N) is 4. The molecule has 0 spiro atoms. The number of amides is 2. The van der Waals surface area contributed by atoms with E-state index >= 15 is 0 Å². The average Bonchev–Trinajstić information content (AvgIpc) is 2.76. The Kier molecular flexibility index (Phi) is 6.09. The number of benzene rings is 1. The molecule has 2 aromatic heterocycles. The van der Waals surface area contributed by atoms with Crippen molar-refractivity contribution in [2.45, 2.75) is 26.2 Å². The molecule has 1 aliphatic heterocycles. The van der Waals surface area contributed by atoms with Crippen LogP contribution in [0.2, 0.25) is 5.02 Å². The summed E-state index contributed by atoms with van der Waals surface area (Å²) >= 11 is 6.56. The first-order valence-electron chi connectivity index (χ1n) is 9.96. The highest BCUT2D eigenvalue weighted by atomic mass is 35.5. The van der Waals surface area contributed by atoms with Crippen molar-refractivity contribution < 1.29 is 4.79 Å². The second kappa shape index (κ2) is 9.09. The van der Waals surface area contributed by atoms with E-state index in [1.165, 1.54) is 25.5 Å². The van der Waals surface area contributed by atoms with Gasteiger partial charge in [-0.25, -0.2) is 9.78 Å². The standard InChI is InChI=1S/C22H23ClN6O/c1-15-5-7-17(12-25-15)26-22(30)28-21-14-24-13-19(27-21)16-6-8-20(18(23)11-16)29-9-3-2-4-10-29/h5-8,11-14H,2-4,9-10H2,1H3,(H2,26,27,28,30). The summed E-state index contributed by atoms with van der Waals surface area (Å²) in [4.78, 5) is 27.4. The normalized spacial score (nSPS) is 13.7. The van der Waals surface area contributed by atoms with E-state index in [1.54, 1.807) is 18.5 Å². The molecule has 0 saturated carbocycles. The number of urea groups is 1. The second-order valence-corrected chi connectivity index (χ2v) is 7.68. The number of hydrogen-bond donors (Lipinski definition) is 2. The van der Waals surface area contributed by atoms with Crippen LogP contribution >= 0.6 is 11.6 Å². The number of carbonyl (C=O) groups is 1. The van der Waals surface area contributed by atoms with Gasteiger partial charge in [0.25, 0.3) is 0 Å². The van der Waals surface area contributed by atoms with E-state index in [0.717, 1.165) is 30.0 Å². The van der Waals surface area contributed by atoms with Crippen molar-refractivity contribution >= 4 is 34.8 Å². The Morgan fingerprint density at radius 2 is 1.87 bits per heavy atom. The van der Waals surface area contributed by atoms with Crippen molar-refractivity contribution in [3.05, 3.63) is 59.6 Å². The minimum atomic E-state index is -0.411. The van der Waals surface area contributed by atoms with Crippen LogP contribution < -0.4 is 15.5 Å². The predicted molar refractivity (Wildman–Crippen MR) is 120 cm³/mol. The maximum Gasteiger partial charge on any atom is 0.324 e. The van der Waals surface area contributed by atoms with E-state index in [2.05, 4.69) is 30.5 Å². The zero-order valence-electron chi connectivity index (χ0n) is 16.7. The SMILES string of the molecule is Cc1ccc(NC(=O)Nc2cncc(-c3ccc(N4CCCCC4)c(Cl)c3)n2)cn1. The molecule has 1 saturated heterocycles. The number of halogens is 1. The number of anilines is 3. The van der Waals surface area contributed by atoms with Crippen molar-refractivity contribution in [2.75, 3.05) is 28.6 Å². The van der Waals surface area contributed by atoms with E-state index in [4.69, 9.17) is 11.6 Å². The van der Waals surface area contributed by atoms with Gasteiger partial charge in [-0.1, -0.05) is 17.7 Å². The summed E-state index contributed by atoms with van der Waals surface area (Å²) in [5.41, 5.74) is 4.01. The number of nitrogens with one attached hydrogen (secondary N) is 2. The summed E-state index contributed by atoms with van der Waals surface area (Å²) in [5.74, 6) is 0.348. The summed E-state index contributed by atoms with van der Waals surface area (Å²) in [6, 6.07) is 9.12. The molecule has 0 aliphatic carbocycles. The average molecular weight is 423 g/mol. The Morgan fingerprint density at radius 1 is 1.03 bits per heavy atom. The first kappa shape index (κ1) is 20.1. The lowest BCUT2D eigenvalue weighted by Crippen LogP contribution is -2.29. The molecule has 8 heteroatoms. The first-order valence-corrected chi connectivity index (χ1v) is 10.3. The maximum atomic E-state index is 12.2. The van der Waals surface area contributed by atoms with Crippen LogP contribution in [0.1, 0.15) is 25.0 Å². The monoisotopic (exact) mass is 422 g/mol. The van der Waals surface area contributed by atoms with Gasteiger partial charge in [0.15, 0.2) is 5.82 Å². The van der Waals surface area contributed by atoms with Crippen molar-refractivity contribution in [3.8, 4) is 11.3 Å². The Hall–Kier alpha value is -3.19. The molecule has 154 valence electrons. The van der Waals surface area contributed by atoms with Crippen molar-refractivity contribution in [1.29, 1.82) is 0 Å². The van der Waals surface area contributed by atoms with E-state index < -0.39 is 6.03 Å². The lowest BCUT2D eigenvalue weighted by molar-refractivity contribution is 0.262. The van der Waals surface area contributed by atoms with Crippen molar-refractivity contribution in [1.82, 2.24) is 15.0 Å². The second-order valence-electron chi connectivity index (χ2n) is 7.27. The highest BCUT2D eigenvalue weighted by molar-refractivity contribution is 6.33. The lowest BCUT2D eigenvalue weighted by Gasteiger charge is -2.29. The quantitative estimate of drug-likeness (QED) is 0.608. The molecule has 1 fully saturated rings. The van der Waals surface area contributed by atoms with Crippen LogP contribution in [0.15, 0.2) is 48.9 Å².